The van der Waals surface area contributed by atoms with Gasteiger partial charge in [0.25, 0.3) is 0 Å². The number of rotatable bonds is 3. The standard InChI is InChI=1S/C13H10O2.C2H4Cl2/c14-13(15)12-8-6-11(7-9-12)10-4-2-1-3-5-10;3-1-2-4/h1-9H,(H,14,15);1-2H2. The van der Waals surface area contributed by atoms with E-state index in [1.54, 1.807) is 12.1 Å². The first-order valence-corrected chi connectivity index (χ1v) is 6.76. The zero-order valence-electron chi connectivity index (χ0n) is 10.2. The lowest BCUT2D eigenvalue weighted by Gasteiger charge is -2.01. The van der Waals surface area contributed by atoms with Crippen molar-refractivity contribution in [1.82, 2.24) is 0 Å². The van der Waals surface area contributed by atoms with Crippen LogP contribution >= 0.6 is 23.2 Å². The Balaban J connectivity index is 0.000000399. The highest BCUT2D eigenvalue weighted by Gasteiger charge is 2.02. The number of halogens is 2. The van der Waals surface area contributed by atoms with Crippen molar-refractivity contribution in [3.05, 3.63) is 60.2 Å². The number of hydrogen-bond donors (Lipinski definition) is 1. The van der Waals surface area contributed by atoms with Gasteiger partial charge in [0.1, 0.15) is 0 Å². The third-order valence-electron chi connectivity index (χ3n) is 2.31. The largest absolute Gasteiger partial charge is 0.478 e. The SMILES string of the molecule is ClCCCl.O=C(O)c1ccc(-c2ccccc2)cc1. The predicted molar refractivity (Wildman–Crippen MR) is 80.3 cm³/mol. The molecule has 1 N–H and O–H groups in total. The average Bonchev–Trinajstić information content (AvgIpc) is 2.48. The van der Waals surface area contributed by atoms with Gasteiger partial charge in [-0.1, -0.05) is 42.5 Å². The molecule has 0 aliphatic heterocycles. The van der Waals surface area contributed by atoms with Crippen molar-refractivity contribution in [3.8, 4) is 11.1 Å². The Kier molecular flexibility index (Phi) is 7.01. The molecule has 0 unspecified atom stereocenters. The molecule has 100 valence electrons. The van der Waals surface area contributed by atoms with Crippen LogP contribution in [-0.4, -0.2) is 22.8 Å². The number of benzene rings is 2. The molecule has 2 rings (SSSR count). The highest BCUT2D eigenvalue weighted by molar-refractivity contribution is 6.25. The van der Waals surface area contributed by atoms with Crippen LogP contribution < -0.4 is 0 Å². The summed E-state index contributed by atoms with van der Waals surface area (Å²) in [6.07, 6.45) is 0. The van der Waals surface area contributed by atoms with Gasteiger partial charge in [0.05, 0.1) is 5.56 Å². The van der Waals surface area contributed by atoms with E-state index < -0.39 is 5.97 Å². The third-order valence-corrected chi connectivity index (χ3v) is 2.88. The topological polar surface area (TPSA) is 37.3 Å². The molecule has 0 radical (unpaired) electrons. The highest BCUT2D eigenvalue weighted by Crippen LogP contribution is 2.18. The average molecular weight is 297 g/mol. The number of carboxylic acids is 1. The van der Waals surface area contributed by atoms with Gasteiger partial charge in [-0.3, -0.25) is 0 Å². The minimum absolute atomic E-state index is 0.315. The molecular weight excluding hydrogens is 283 g/mol. The minimum atomic E-state index is -0.894. The predicted octanol–water partition coefficient (Wildman–Crippen LogP) is 4.52. The Morgan fingerprint density at radius 1 is 0.842 bits per heavy atom. The molecular formula is C15H14Cl2O2. The fourth-order valence-electron chi connectivity index (χ4n) is 1.44. The molecule has 0 aliphatic rings. The zero-order chi connectivity index (χ0) is 14.1. The molecule has 0 saturated carbocycles. The van der Waals surface area contributed by atoms with Gasteiger partial charge in [0.2, 0.25) is 0 Å². The van der Waals surface area contributed by atoms with Gasteiger partial charge in [0, 0.05) is 11.8 Å². The van der Waals surface area contributed by atoms with Gasteiger partial charge in [-0.05, 0) is 23.3 Å². The summed E-state index contributed by atoms with van der Waals surface area (Å²) in [5.74, 6) is 0.220. The van der Waals surface area contributed by atoms with Crippen molar-refractivity contribution in [3.63, 3.8) is 0 Å². The van der Waals surface area contributed by atoms with Crippen LogP contribution in [-0.2, 0) is 0 Å². The van der Waals surface area contributed by atoms with Crippen LogP contribution in [0.2, 0.25) is 0 Å². The number of aromatic carboxylic acids is 1. The highest BCUT2D eigenvalue weighted by atomic mass is 35.5. The van der Waals surface area contributed by atoms with Crippen LogP contribution in [0.25, 0.3) is 11.1 Å². The lowest BCUT2D eigenvalue weighted by atomic mass is 10.0. The molecule has 0 saturated heterocycles. The maximum atomic E-state index is 10.6. The van der Waals surface area contributed by atoms with Gasteiger partial charge in [-0.2, -0.15) is 0 Å². The van der Waals surface area contributed by atoms with E-state index in [4.69, 9.17) is 28.3 Å². The fourth-order valence-corrected chi connectivity index (χ4v) is 1.44. The molecule has 0 spiro atoms. The van der Waals surface area contributed by atoms with E-state index in [1.165, 1.54) is 0 Å². The molecule has 0 amide bonds. The quantitative estimate of drug-likeness (QED) is 0.846. The first-order valence-electron chi connectivity index (χ1n) is 5.69. The molecule has 2 nitrogen and oxygen atoms in total. The van der Waals surface area contributed by atoms with Crippen molar-refractivity contribution in [2.45, 2.75) is 0 Å². The second-order valence-corrected chi connectivity index (χ2v) is 4.38. The van der Waals surface area contributed by atoms with E-state index in [9.17, 15) is 4.79 Å². The number of hydrogen-bond acceptors (Lipinski definition) is 1. The van der Waals surface area contributed by atoms with Crippen molar-refractivity contribution >= 4 is 29.2 Å². The first kappa shape index (κ1) is 15.5. The van der Waals surface area contributed by atoms with E-state index in [0.717, 1.165) is 11.1 Å². The maximum Gasteiger partial charge on any atom is 0.335 e. The van der Waals surface area contributed by atoms with Gasteiger partial charge in [0.15, 0.2) is 0 Å². The fraction of sp³-hybridized carbons (Fsp3) is 0.133. The molecule has 2 aromatic carbocycles. The summed E-state index contributed by atoms with van der Waals surface area (Å²) in [5.41, 5.74) is 2.43. The Bertz CT molecular complexity index is 493. The Hall–Kier alpha value is -1.51. The summed E-state index contributed by atoms with van der Waals surface area (Å²) >= 11 is 10.1. The smallest absolute Gasteiger partial charge is 0.335 e. The van der Waals surface area contributed by atoms with E-state index in [0.29, 0.717) is 17.3 Å². The summed E-state index contributed by atoms with van der Waals surface area (Å²) in [5, 5.41) is 8.75. The van der Waals surface area contributed by atoms with Crippen molar-refractivity contribution in [2.75, 3.05) is 11.8 Å². The molecule has 2 aromatic rings. The first-order chi connectivity index (χ1) is 9.19. The molecule has 0 heterocycles. The molecule has 0 aromatic heterocycles. The van der Waals surface area contributed by atoms with Crippen LogP contribution in [0, 0.1) is 0 Å². The summed E-state index contributed by atoms with van der Waals surface area (Å²) in [6, 6.07) is 16.7. The van der Waals surface area contributed by atoms with E-state index in [1.807, 2.05) is 42.5 Å². The van der Waals surface area contributed by atoms with Gasteiger partial charge in [-0.25, -0.2) is 4.79 Å². The van der Waals surface area contributed by atoms with E-state index in [2.05, 4.69) is 0 Å². The Morgan fingerprint density at radius 3 is 1.74 bits per heavy atom. The van der Waals surface area contributed by atoms with Crippen LogP contribution in [0.5, 0.6) is 0 Å². The third kappa shape index (κ3) is 5.33. The number of carboxylic acid groups (broad SMARTS) is 1. The van der Waals surface area contributed by atoms with Crippen LogP contribution in [0.1, 0.15) is 10.4 Å². The second kappa shape index (κ2) is 8.57. The van der Waals surface area contributed by atoms with Crippen molar-refractivity contribution in [2.24, 2.45) is 0 Å². The second-order valence-electron chi connectivity index (χ2n) is 3.63. The molecule has 19 heavy (non-hydrogen) atoms. The summed E-state index contributed by atoms with van der Waals surface area (Å²) in [6.45, 7) is 0. The van der Waals surface area contributed by atoms with E-state index >= 15 is 0 Å². The molecule has 0 atom stereocenters. The Labute approximate surface area is 122 Å². The molecule has 4 heteroatoms. The van der Waals surface area contributed by atoms with Crippen molar-refractivity contribution < 1.29 is 9.90 Å². The van der Waals surface area contributed by atoms with E-state index in [-0.39, 0.29) is 0 Å². The van der Waals surface area contributed by atoms with Crippen LogP contribution in [0.3, 0.4) is 0 Å². The molecule has 0 fully saturated rings. The van der Waals surface area contributed by atoms with Crippen LogP contribution in [0.15, 0.2) is 54.6 Å². The van der Waals surface area contributed by atoms with Crippen LogP contribution in [0.4, 0.5) is 0 Å². The number of carbonyl (C=O) groups is 1. The van der Waals surface area contributed by atoms with Gasteiger partial charge >= 0.3 is 5.97 Å². The van der Waals surface area contributed by atoms with Gasteiger partial charge in [-0.15, -0.1) is 23.2 Å². The monoisotopic (exact) mass is 296 g/mol. The maximum absolute atomic E-state index is 10.6. The minimum Gasteiger partial charge on any atom is -0.478 e. The molecule has 0 bridgehead atoms. The Morgan fingerprint density at radius 2 is 1.32 bits per heavy atom. The van der Waals surface area contributed by atoms with Gasteiger partial charge < -0.3 is 5.11 Å². The van der Waals surface area contributed by atoms with Crippen molar-refractivity contribution in [1.29, 1.82) is 0 Å². The summed E-state index contributed by atoms with van der Waals surface area (Å²) in [4.78, 5) is 10.6. The summed E-state index contributed by atoms with van der Waals surface area (Å²) in [7, 11) is 0. The summed E-state index contributed by atoms with van der Waals surface area (Å²) < 4.78 is 0. The number of alkyl halides is 2. The molecule has 0 aliphatic carbocycles. The lowest BCUT2D eigenvalue weighted by Crippen LogP contribution is -1.94. The zero-order valence-corrected chi connectivity index (χ0v) is 11.7. The normalized spacial score (nSPS) is 9.37. The lowest BCUT2D eigenvalue weighted by molar-refractivity contribution is 0.0697.